The summed E-state index contributed by atoms with van der Waals surface area (Å²) >= 11 is 2.69. The number of fused-ring (bicyclic) bond motifs is 1. The van der Waals surface area contributed by atoms with Crippen molar-refractivity contribution in [1.29, 1.82) is 0 Å². The lowest BCUT2D eigenvalue weighted by atomic mass is 10.3. The van der Waals surface area contributed by atoms with Crippen LogP contribution in [0.15, 0.2) is 34.9 Å². The van der Waals surface area contributed by atoms with Gasteiger partial charge in [0.2, 0.25) is 5.91 Å². The van der Waals surface area contributed by atoms with Crippen LogP contribution in [0.2, 0.25) is 0 Å². The molecule has 0 aliphatic carbocycles. The molecule has 0 radical (unpaired) electrons. The molecule has 0 bridgehead atoms. The summed E-state index contributed by atoms with van der Waals surface area (Å²) in [6, 6.07) is 9.39. The van der Waals surface area contributed by atoms with Gasteiger partial charge in [0, 0.05) is 6.07 Å². The van der Waals surface area contributed by atoms with Crippen molar-refractivity contribution in [1.82, 2.24) is 10.1 Å². The molecule has 0 unspecified atom stereocenters. The van der Waals surface area contributed by atoms with Crippen molar-refractivity contribution in [2.45, 2.75) is 25.7 Å². The average molecular weight is 391 g/mol. The van der Waals surface area contributed by atoms with Gasteiger partial charge in [-0.1, -0.05) is 17.3 Å². The first-order valence-electron chi connectivity index (χ1n) is 7.87. The van der Waals surface area contributed by atoms with Gasteiger partial charge in [-0.2, -0.15) is 0 Å². The Kier molecular flexibility index (Phi) is 5.89. The van der Waals surface area contributed by atoms with E-state index in [0.29, 0.717) is 11.6 Å². The fourth-order valence-electron chi connectivity index (χ4n) is 2.09. The Morgan fingerprint density at radius 2 is 2.19 bits per heavy atom. The lowest BCUT2D eigenvalue weighted by Gasteiger charge is -2.09. The highest BCUT2D eigenvalue weighted by molar-refractivity contribution is 8.01. The number of para-hydroxylation sites is 1. The molecule has 2 aromatic heterocycles. The number of aromatic nitrogens is 2. The van der Waals surface area contributed by atoms with E-state index in [1.807, 2.05) is 24.3 Å². The molecule has 0 saturated carbocycles. The number of ether oxygens (including phenoxy) is 1. The summed E-state index contributed by atoms with van der Waals surface area (Å²) in [6.45, 7) is 3.59. The first-order chi connectivity index (χ1) is 12.5. The molecule has 26 heavy (non-hydrogen) atoms. The van der Waals surface area contributed by atoms with Crippen molar-refractivity contribution in [2.75, 3.05) is 11.1 Å². The number of hydrogen-bond acceptors (Lipinski definition) is 8. The number of thioether (sulfide) groups is 1. The lowest BCUT2D eigenvalue weighted by Crippen LogP contribution is -2.24. The Labute approximate surface area is 158 Å². The molecule has 0 spiro atoms. The SMILES string of the molecule is Cc1cc(NC(=O)[C@@H](C)SCC(=O)OCc2nc3ccccc3s2)no1. The lowest BCUT2D eigenvalue weighted by molar-refractivity contribution is -0.141. The van der Waals surface area contributed by atoms with Gasteiger partial charge in [0.1, 0.15) is 17.4 Å². The molecule has 7 nitrogen and oxygen atoms in total. The van der Waals surface area contributed by atoms with Crippen LogP contribution in [0, 0.1) is 6.92 Å². The molecule has 0 aliphatic heterocycles. The first kappa shape index (κ1) is 18.4. The Morgan fingerprint density at radius 1 is 1.38 bits per heavy atom. The van der Waals surface area contributed by atoms with E-state index < -0.39 is 5.25 Å². The van der Waals surface area contributed by atoms with Crippen LogP contribution in [-0.2, 0) is 20.9 Å². The van der Waals surface area contributed by atoms with Gasteiger partial charge in [0.15, 0.2) is 5.82 Å². The van der Waals surface area contributed by atoms with E-state index in [0.717, 1.165) is 15.2 Å². The Hall–Kier alpha value is -2.39. The summed E-state index contributed by atoms with van der Waals surface area (Å²) in [5.41, 5.74) is 0.895. The highest BCUT2D eigenvalue weighted by atomic mass is 32.2. The Bertz CT molecular complexity index is 889. The number of anilines is 1. The third kappa shape index (κ3) is 4.83. The van der Waals surface area contributed by atoms with E-state index in [4.69, 9.17) is 9.26 Å². The molecule has 2 heterocycles. The molecule has 1 aromatic carbocycles. The zero-order valence-corrected chi connectivity index (χ0v) is 15.9. The zero-order chi connectivity index (χ0) is 18.5. The van der Waals surface area contributed by atoms with Gasteiger partial charge in [-0.05, 0) is 26.0 Å². The quantitative estimate of drug-likeness (QED) is 0.617. The van der Waals surface area contributed by atoms with Gasteiger partial charge in [0.25, 0.3) is 0 Å². The second-order valence-corrected chi connectivity index (χ2v) is 7.95. The maximum atomic E-state index is 12.0. The highest BCUT2D eigenvalue weighted by Gasteiger charge is 2.17. The van der Waals surface area contributed by atoms with E-state index in [1.165, 1.54) is 23.1 Å². The second kappa shape index (κ2) is 8.33. The molecule has 0 saturated heterocycles. The van der Waals surface area contributed by atoms with Crippen LogP contribution in [0.5, 0.6) is 0 Å². The molecule has 3 aromatic rings. The highest BCUT2D eigenvalue weighted by Crippen LogP contribution is 2.22. The summed E-state index contributed by atoms with van der Waals surface area (Å²) in [4.78, 5) is 28.3. The monoisotopic (exact) mass is 391 g/mol. The number of nitrogens with one attached hydrogen (secondary N) is 1. The van der Waals surface area contributed by atoms with Crippen LogP contribution >= 0.6 is 23.1 Å². The summed E-state index contributed by atoms with van der Waals surface area (Å²) in [5.74, 6) is 0.419. The zero-order valence-electron chi connectivity index (χ0n) is 14.2. The van der Waals surface area contributed by atoms with Gasteiger partial charge in [-0.3, -0.25) is 9.59 Å². The summed E-state index contributed by atoms with van der Waals surface area (Å²) in [7, 11) is 0. The van der Waals surface area contributed by atoms with E-state index >= 15 is 0 Å². The van der Waals surface area contributed by atoms with Gasteiger partial charge in [-0.25, -0.2) is 4.98 Å². The third-order valence-corrected chi connectivity index (χ3v) is 5.52. The summed E-state index contributed by atoms with van der Waals surface area (Å²) < 4.78 is 11.2. The maximum absolute atomic E-state index is 12.0. The smallest absolute Gasteiger partial charge is 0.316 e. The number of aryl methyl sites for hydroxylation is 1. The van der Waals surface area contributed by atoms with Crippen molar-refractivity contribution < 1.29 is 18.8 Å². The van der Waals surface area contributed by atoms with Crippen LogP contribution in [-0.4, -0.2) is 33.0 Å². The fourth-order valence-corrected chi connectivity index (χ4v) is 3.65. The average Bonchev–Trinajstić information content (AvgIpc) is 3.23. The largest absolute Gasteiger partial charge is 0.458 e. The fraction of sp³-hybridized carbons (Fsp3) is 0.294. The minimum atomic E-state index is -0.429. The van der Waals surface area contributed by atoms with Gasteiger partial charge < -0.3 is 14.6 Å². The molecule has 0 fully saturated rings. The predicted octanol–water partition coefficient (Wildman–Crippen LogP) is 3.40. The van der Waals surface area contributed by atoms with Crippen LogP contribution in [0.25, 0.3) is 10.2 Å². The number of thiazole rings is 1. The number of esters is 1. The molecule has 3 rings (SSSR count). The van der Waals surface area contributed by atoms with Crippen molar-refractivity contribution in [2.24, 2.45) is 0 Å². The first-order valence-corrected chi connectivity index (χ1v) is 9.73. The molecule has 1 N–H and O–H groups in total. The van der Waals surface area contributed by atoms with E-state index in [1.54, 1.807) is 19.9 Å². The normalized spacial score (nSPS) is 12.1. The number of carbonyl (C=O) groups excluding carboxylic acids is 2. The molecule has 0 aliphatic rings. The number of benzene rings is 1. The number of amides is 1. The molecule has 1 atom stereocenters. The van der Waals surface area contributed by atoms with Gasteiger partial charge >= 0.3 is 5.97 Å². The van der Waals surface area contributed by atoms with Crippen molar-refractivity contribution in [3.05, 3.63) is 41.1 Å². The van der Waals surface area contributed by atoms with Crippen molar-refractivity contribution in [3.63, 3.8) is 0 Å². The van der Waals surface area contributed by atoms with Gasteiger partial charge in [-0.15, -0.1) is 23.1 Å². The number of rotatable bonds is 7. The van der Waals surface area contributed by atoms with Crippen LogP contribution in [0.3, 0.4) is 0 Å². The predicted molar refractivity (Wildman–Crippen MR) is 101 cm³/mol. The Morgan fingerprint density at radius 3 is 2.92 bits per heavy atom. The van der Waals surface area contributed by atoms with E-state index in [-0.39, 0.29) is 24.2 Å². The molecule has 136 valence electrons. The third-order valence-electron chi connectivity index (χ3n) is 3.39. The number of carbonyl (C=O) groups is 2. The van der Waals surface area contributed by atoms with Crippen LogP contribution in [0.4, 0.5) is 5.82 Å². The number of hydrogen-bond donors (Lipinski definition) is 1. The molecule has 9 heteroatoms. The van der Waals surface area contributed by atoms with E-state index in [2.05, 4.69) is 15.5 Å². The minimum absolute atomic E-state index is 0.0807. The van der Waals surface area contributed by atoms with Crippen LogP contribution < -0.4 is 5.32 Å². The molecular formula is C17H17N3O4S2. The maximum Gasteiger partial charge on any atom is 0.316 e. The van der Waals surface area contributed by atoms with Gasteiger partial charge in [0.05, 0.1) is 21.2 Å². The minimum Gasteiger partial charge on any atom is -0.458 e. The summed E-state index contributed by atoms with van der Waals surface area (Å²) in [5, 5.41) is 6.65. The molecule has 1 amide bonds. The number of nitrogens with zero attached hydrogens (tertiary/aromatic N) is 2. The summed E-state index contributed by atoms with van der Waals surface area (Å²) in [6.07, 6.45) is 0. The van der Waals surface area contributed by atoms with Crippen molar-refractivity contribution >= 4 is 51.0 Å². The van der Waals surface area contributed by atoms with Crippen LogP contribution in [0.1, 0.15) is 17.7 Å². The Balaban J connectivity index is 1.42. The second-order valence-electron chi connectivity index (χ2n) is 5.50. The topological polar surface area (TPSA) is 94.3 Å². The van der Waals surface area contributed by atoms with E-state index in [9.17, 15) is 9.59 Å². The standard InChI is InChI=1S/C17H17N3O4S2/c1-10-7-14(20-24-10)19-17(22)11(2)25-9-16(21)23-8-15-18-12-5-3-4-6-13(12)26-15/h3-7,11H,8-9H2,1-2H3,(H,19,20,22)/t11-/m1/s1. The van der Waals surface area contributed by atoms with Crippen molar-refractivity contribution in [3.8, 4) is 0 Å². The molecular weight excluding hydrogens is 374 g/mol.